The van der Waals surface area contributed by atoms with Gasteiger partial charge in [0.2, 0.25) is 0 Å². The minimum Gasteiger partial charge on any atom is -0.314 e. The highest BCUT2D eigenvalue weighted by Crippen LogP contribution is 2.27. The van der Waals surface area contributed by atoms with E-state index in [0.29, 0.717) is 12.6 Å². The van der Waals surface area contributed by atoms with Gasteiger partial charge in [0.05, 0.1) is 0 Å². The zero-order valence-corrected chi connectivity index (χ0v) is 13.4. The highest BCUT2D eigenvalue weighted by atomic mass is 79.9. The van der Waals surface area contributed by atoms with Crippen LogP contribution in [0.1, 0.15) is 26.3 Å². The summed E-state index contributed by atoms with van der Waals surface area (Å²) in [7, 11) is 0. The van der Waals surface area contributed by atoms with Crippen LogP contribution in [0.2, 0.25) is 0 Å². The topological polar surface area (TPSA) is 15.3 Å². The zero-order valence-electron chi connectivity index (χ0n) is 11.8. The van der Waals surface area contributed by atoms with Crippen molar-refractivity contribution in [3.8, 4) is 0 Å². The Morgan fingerprint density at radius 1 is 1.42 bits per heavy atom. The minimum atomic E-state index is -0.116. The molecule has 1 aliphatic heterocycles. The highest BCUT2D eigenvalue weighted by Gasteiger charge is 2.32. The molecule has 0 aliphatic carbocycles. The van der Waals surface area contributed by atoms with Gasteiger partial charge in [-0.1, -0.05) is 36.7 Å². The average molecular weight is 329 g/mol. The summed E-state index contributed by atoms with van der Waals surface area (Å²) in [6.45, 7) is 10.3. The van der Waals surface area contributed by atoms with E-state index in [1.54, 1.807) is 6.07 Å². The minimum absolute atomic E-state index is 0.116. The molecule has 1 aromatic carbocycles. The van der Waals surface area contributed by atoms with Crippen LogP contribution in [-0.2, 0) is 6.54 Å². The molecule has 106 valence electrons. The first kappa shape index (κ1) is 14.9. The smallest absolute Gasteiger partial charge is 0.127 e. The Kier molecular flexibility index (Phi) is 4.64. The van der Waals surface area contributed by atoms with Crippen LogP contribution in [0, 0.1) is 11.2 Å². The van der Waals surface area contributed by atoms with Crippen molar-refractivity contribution in [1.29, 1.82) is 0 Å². The molecule has 1 heterocycles. The summed E-state index contributed by atoms with van der Waals surface area (Å²) in [6.07, 6.45) is 0. The van der Waals surface area contributed by atoms with Crippen molar-refractivity contribution in [2.45, 2.75) is 33.4 Å². The van der Waals surface area contributed by atoms with Crippen LogP contribution in [0.5, 0.6) is 0 Å². The molecular weight excluding hydrogens is 307 g/mol. The van der Waals surface area contributed by atoms with Gasteiger partial charge in [0.25, 0.3) is 0 Å². The molecule has 0 saturated carbocycles. The van der Waals surface area contributed by atoms with Crippen LogP contribution in [0.25, 0.3) is 0 Å². The van der Waals surface area contributed by atoms with Crippen LogP contribution < -0.4 is 5.32 Å². The molecule has 0 spiro atoms. The molecule has 0 radical (unpaired) electrons. The highest BCUT2D eigenvalue weighted by molar-refractivity contribution is 9.10. The van der Waals surface area contributed by atoms with Crippen LogP contribution in [0.15, 0.2) is 22.7 Å². The number of rotatable bonds is 2. The van der Waals surface area contributed by atoms with Crippen LogP contribution in [0.4, 0.5) is 4.39 Å². The normalized spacial score (nSPS) is 21.6. The first-order chi connectivity index (χ1) is 8.88. The lowest BCUT2D eigenvalue weighted by Crippen LogP contribution is -2.56. The molecule has 1 aliphatic rings. The van der Waals surface area contributed by atoms with Crippen molar-refractivity contribution in [2.24, 2.45) is 5.41 Å². The SMILES string of the molecule is CC(C)(C)C1CNCCN1Cc1cc(Br)ccc1F. The maximum Gasteiger partial charge on any atom is 0.127 e. The summed E-state index contributed by atoms with van der Waals surface area (Å²) in [6, 6.07) is 5.60. The third kappa shape index (κ3) is 3.77. The van der Waals surface area contributed by atoms with Gasteiger partial charge in [-0.3, -0.25) is 4.90 Å². The summed E-state index contributed by atoms with van der Waals surface area (Å²) in [4.78, 5) is 2.39. The number of nitrogens with one attached hydrogen (secondary N) is 1. The van der Waals surface area contributed by atoms with Gasteiger partial charge in [0.15, 0.2) is 0 Å². The van der Waals surface area contributed by atoms with Gasteiger partial charge in [-0.05, 0) is 23.6 Å². The van der Waals surface area contributed by atoms with E-state index < -0.39 is 0 Å². The van der Waals surface area contributed by atoms with Crippen LogP contribution >= 0.6 is 15.9 Å². The van der Waals surface area contributed by atoms with Crippen molar-refractivity contribution in [2.75, 3.05) is 19.6 Å². The van der Waals surface area contributed by atoms with Gasteiger partial charge in [-0.15, -0.1) is 0 Å². The number of halogens is 2. The fourth-order valence-electron chi connectivity index (χ4n) is 2.67. The maximum absolute atomic E-state index is 13.9. The Balaban J connectivity index is 2.17. The molecule has 1 atom stereocenters. The van der Waals surface area contributed by atoms with Gasteiger partial charge in [0.1, 0.15) is 5.82 Å². The fourth-order valence-corrected chi connectivity index (χ4v) is 3.08. The summed E-state index contributed by atoms with van der Waals surface area (Å²) < 4.78 is 14.8. The van der Waals surface area contributed by atoms with Crippen molar-refractivity contribution in [3.05, 3.63) is 34.1 Å². The lowest BCUT2D eigenvalue weighted by Gasteiger charge is -2.43. The first-order valence-corrected chi connectivity index (χ1v) is 7.56. The number of nitrogens with zero attached hydrogens (tertiary/aromatic N) is 1. The molecule has 1 unspecified atom stereocenters. The van der Waals surface area contributed by atoms with E-state index in [1.165, 1.54) is 6.07 Å². The molecule has 1 fully saturated rings. The standard InChI is InChI=1S/C15H22BrFN2/c1-15(2,3)14-9-18-6-7-19(14)10-11-8-12(16)4-5-13(11)17/h4-5,8,14,18H,6-7,9-10H2,1-3H3. The number of piperazine rings is 1. The average Bonchev–Trinajstić information content (AvgIpc) is 2.33. The van der Waals surface area contributed by atoms with E-state index in [0.717, 1.165) is 29.7 Å². The zero-order chi connectivity index (χ0) is 14.0. The molecular formula is C15H22BrFN2. The largest absolute Gasteiger partial charge is 0.314 e. The van der Waals surface area contributed by atoms with Gasteiger partial charge < -0.3 is 5.32 Å². The Labute approximate surface area is 123 Å². The van der Waals surface area contributed by atoms with E-state index in [1.807, 2.05) is 6.07 Å². The fraction of sp³-hybridized carbons (Fsp3) is 0.600. The summed E-state index contributed by atoms with van der Waals surface area (Å²) in [5, 5.41) is 3.44. The van der Waals surface area contributed by atoms with Gasteiger partial charge >= 0.3 is 0 Å². The number of hydrogen-bond acceptors (Lipinski definition) is 2. The predicted octanol–water partition coefficient (Wildman–Crippen LogP) is 3.41. The van der Waals surface area contributed by atoms with Crippen LogP contribution in [0.3, 0.4) is 0 Å². The molecule has 1 aromatic rings. The van der Waals surface area contributed by atoms with Gasteiger partial charge in [-0.2, -0.15) is 0 Å². The molecule has 1 N–H and O–H groups in total. The van der Waals surface area contributed by atoms with Gasteiger partial charge in [0, 0.05) is 42.3 Å². The quantitative estimate of drug-likeness (QED) is 0.895. The number of benzene rings is 1. The monoisotopic (exact) mass is 328 g/mol. The summed E-state index contributed by atoms with van der Waals surface area (Å²) >= 11 is 3.42. The van der Waals surface area contributed by atoms with Crippen molar-refractivity contribution in [1.82, 2.24) is 10.2 Å². The van der Waals surface area contributed by atoms with E-state index in [4.69, 9.17) is 0 Å². The van der Waals surface area contributed by atoms with E-state index >= 15 is 0 Å². The van der Waals surface area contributed by atoms with Crippen molar-refractivity contribution >= 4 is 15.9 Å². The Morgan fingerprint density at radius 3 is 2.84 bits per heavy atom. The molecule has 2 nitrogen and oxygen atoms in total. The van der Waals surface area contributed by atoms with Gasteiger partial charge in [-0.25, -0.2) is 4.39 Å². The molecule has 0 bridgehead atoms. The summed E-state index contributed by atoms with van der Waals surface area (Å²) in [5.74, 6) is -0.116. The second-order valence-corrected chi connectivity index (χ2v) is 7.21. The first-order valence-electron chi connectivity index (χ1n) is 6.76. The Hall–Kier alpha value is -0.450. The molecule has 19 heavy (non-hydrogen) atoms. The Morgan fingerprint density at radius 2 is 2.16 bits per heavy atom. The van der Waals surface area contributed by atoms with Crippen molar-refractivity contribution < 1.29 is 4.39 Å². The van der Waals surface area contributed by atoms with E-state index in [-0.39, 0.29) is 11.2 Å². The van der Waals surface area contributed by atoms with E-state index in [2.05, 4.69) is 46.9 Å². The molecule has 2 rings (SSSR count). The third-order valence-electron chi connectivity index (χ3n) is 3.74. The lowest BCUT2D eigenvalue weighted by atomic mass is 9.84. The predicted molar refractivity (Wildman–Crippen MR) is 80.6 cm³/mol. The third-order valence-corrected chi connectivity index (χ3v) is 4.23. The Bertz CT molecular complexity index is 442. The maximum atomic E-state index is 13.9. The summed E-state index contributed by atoms with van der Waals surface area (Å²) in [5.41, 5.74) is 0.959. The van der Waals surface area contributed by atoms with Crippen LogP contribution in [-0.4, -0.2) is 30.6 Å². The van der Waals surface area contributed by atoms with Crippen molar-refractivity contribution in [3.63, 3.8) is 0 Å². The lowest BCUT2D eigenvalue weighted by molar-refractivity contribution is 0.0679. The number of hydrogen-bond donors (Lipinski definition) is 1. The molecule has 0 amide bonds. The van der Waals surface area contributed by atoms with E-state index in [9.17, 15) is 4.39 Å². The molecule has 1 saturated heterocycles. The second kappa shape index (κ2) is 5.90. The second-order valence-electron chi connectivity index (χ2n) is 6.29. The molecule has 0 aromatic heterocycles. The molecule has 4 heteroatoms.